The summed E-state index contributed by atoms with van der Waals surface area (Å²) in [6.45, 7) is 0.347. The second kappa shape index (κ2) is 7.99. The van der Waals surface area contributed by atoms with E-state index in [1.54, 1.807) is 42.5 Å². The van der Waals surface area contributed by atoms with Gasteiger partial charge < -0.3 is 10.1 Å². The second-order valence-electron chi connectivity index (χ2n) is 4.62. The molecule has 0 radical (unpaired) electrons. The van der Waals surface area contributed by atoms with Gasteiger partial charge in [0.15, 0.2) is 0 Å². The van der Waals surface area contributed by atoms with Crippen LogP contribution < -0.4 is 10.6 Å². The van der Waals surface area contributed by atoms with Crippen molar-refractivity contribution in [2.24, 2.45) is 0 Å². The minimum Gasteiger partial charge on any atom is -0.453 e. The molecule has 2 aromatic rings. The molecular formula is C16H14BrClN2O3. The SMILES string of the molecule is COC(=O)Nc1ccc(CNC(=O)c2cc(Br)ccc2Cl)cc1. The van der Waals surface area contributed by atoms with Crippen molar-refractivity contribution >= 4 is 45.2 Å². The molecule has 0 spiro atoms. The van der Waals surface area contributed by atoms with E-state index in [1.165, 1.54) is 7.11 Å². The molecule has 5 nitrogen and oxygen atoms in total. The average Bonchev–Trinajstić information content (AvgIpc) is 2.56. The maximum absolute atomic E-state index is 12.2. The largest absolute Gasteiger partial charge is 0.453 e. The fourth-order valence-electron chi connectivity index (χ4n) is 1.82. The van der Waals surface area contributed by atoms with E-state index in [-0.39, 0.29) is 5.91 Å². The first-order valence-corrected chi connectivity index (χ1v) is 7.84. The number of hydrogen-bond acceptors (Lipinski definition) is 3. The molecule has 0 aliphatic carbocycles. The lowest BCUT2D eigenvalue weighted by Crippen LogP contribution is -2.23. The summed E-state index contributed by atoms with van der Waals surface area (Å²) in [6.07, 6.45) is -0.532. The number of methoxy groups -OCH3 is 1. The molecule has 7 heteroatoms. The molecule has 0 heterocycles. The predicted octanol–water partition coefficient (Wildman–Crippen LogP) is 4.21. The summed E-state index contributed by atoms with van der Waals surface area (Å²) in [5, 5.41) is 5.74. The molecule has 0 saturated carbocycles. The minimum absolute atomic E-state index is 0.256. The summed E-state index contributed by atoms with van der Waals surface area (Å²) in [5.74, 6) is -0.256. The highest BCUT2D eigenvalue weighted by molar-refractivity contribution is 9.10. The predicted molar refractivity (Wildman–Crippen MR) is 92.8 cm³/mol. The Labute approximate surface area is 147 Å². The number of halogens is 2. The Bertz CT molecular complexity index is 720. The monoisotopic (exact) mass is 396 g/mol. The Hall–Kier alpha value is -2.05. The highest BCUT2D eigenvalue weighted by atomic mass is 79.9. The van der Waals surface area contributed by atoms with Crippen molar-refractivity contribution in [1.82, 2.24) is 5.32 Å². The number of amides is 2. The average molecular weight is 398 g/mol. The van der Waals surface area contributed by atoms with Crippen molar-refractivity contribution in [3.8, 4) is 0 Å². The van der Waals surface area contributed by atoms with E-state index >= 15 is 0 Å². The third-order valence-corrected chi connectivity index (χ3v) is 3.83. The van der Waals surface area contributed by atoms with Crippen LogP contribution in [0.2, 0.25) is 5.02 Å². The topological polar surface area (TPSA) is 67.4 Å². The molecule has 0 aliphatic heterocycles. The van der Waals surface area contributed by atoms with Gasteiger partial charge in [-0.2, -0.15) is 0 Å². The number of nitrogens with one attached hydrogen (secondary N) is 2. The van der Waals surface area contributed by atoms with Crippen LogP contribution in [0, 0.1) is 0 Å². The molecule has 0 saturated heterocycles. The molecule has 0 aliphatic rings. The van der Waals surface area contributed by atoms with Crippen molar-refractivity contribution in [3.05, 3.63) is 63.1 Å². The van der Waals surface area contributed by atoms with Gasteiger partial charge in [-0.25, -0.2) is 4.79 Å². The second-order valence-corrected chi connectivity index (χ2v) is 5.94. The van der Waals surface area contributed by atoms with E-state index in [4.69, 9.17) is 11.6 Å². The van der Waals surface area contributed by atoms with Gasteiger partial charge >= 0.3 is 6.09 Å². The maximum Gasteiger partial charge on any atom is 0.411 e. The molecule has 0 bridgehead atoms. The van der Waals surface area contributed by atoms with Gasteiger partial charge in [-0.05, 0) is 35.9 Å². The van der Waals surface area contributed by atoms with Gasteiger partial charge in [0.05, 0.1) is 17.7 Å². The van der Waals surface area contributed by atoms with E-state index in [0.29, 0.717) is 22.8 Å². The Morgan fingerprint density at radius 1 is 1.17 bits per heavy atom. The lowest BCUT2D eigenvalue weighted by atomic mass is 10.2. The number of benzene rings is 2. The van der Waals surface area contributed by atoms with Gasteiger partial charge in [-0.3, -0.25) is 10.1 Å². The number of carbonyl (C=O) groups excluding carboxylic acids is 2. The molecule has 2 aromatic carbocycles. The van der Waals surface area contributed by atoms with Crippen LogP contribution in [0.3, 0.4) is 0 Å². The Balaban J connectivity index is 1.96. The van der Waals surface area contributed by atoms with E-state index in [1.807, 2.05) is 0 Å². The van der Waals surface area contributed by atoms with Crippen molar-refractivity contribution in [1.29, 1.82) is 0 Å². The highest BCUT2D eigenvalue weighted by Gasteiger charge is 2.10. The van der Waals surface area contributed by atoms with E-state index < -0.39 is 6.09 Å². The lowest BCUT2D eigenvalue weighted by molar-refractivity contribution is 0.0951. The molecular weight excluding hydrogens is 384 g/mol. The van der Waals surface area contributed by atoms with Crippen LogP contribution in [0.1, 0.15) is 15.9 Å². The zero-order valence-corrected chi connectivity index (χ0v) is 14.6. The number of ether oxygens (including phenoxy) is 1. The van der Waals surface area contributed by atoms with E-state index in [9.17, 15) is 9.59 Å². The molecule has 2 N–H and O–H groups in total. The first kappa shape index (κ1) is 17.3. The van der Waals surface area contributed by atoms with Gasteiger partial charge in [-0.1, -0.05) is 39.7 Å². The summed E-state index contributed by atoms with van der Waals surface area (Å²) in [4.78, 5) is 23.2. The standard InChI is InChI=1S/C16H14BrClN2O3/c1-23-16(22)20-12-5-2-10(3-6-12)9-19-15(21)13-8-11(17)4-7-14(13)18/h2-8H,9H2,1H3,(H,19,21)(H,20,22). The van der Waals surface area contributed by atoms with Crippen LogP contribution >= 0.6 is 27.5 Å². The van der Waals surface area contributed by atoms with E-state index in [2.05, 4.69) is 31.3 Å². The Morgan fingerprint density at radius 3 is 2.52 bits per heavy atom. The Morgan fingerprint density at radius 2 is 1.87 bits per heavy atom. The molecule has 0 aromatic heterocycles. The fourth-order valence-corrected chi connectivity index (χ4v) is 2.39. The lowest BCUT2D eigenvalue weighted by Gasteiger charge is -2.08. The van der Waals surface area contributed by atoms with Crippen molar-refractivity contribution < 1.29 is 14.3 Å². The number of carbonyl (C=O) groups is 2. The van der Waals surface area contributed by atoms with Crippen molar-refractivity contribution in [2.45, 2.75) is 6.54 Å². The third-order valence-electron chi connectivity index (χ3n) is 3.01. The van der Waals surface area contributed by atoms with Crippen LogP contribution in [0.5, 0.6) is 0 Å². The van der Waals surface area contributed by atoms with Crippen LogP contribution in [-0.4, -0.2) is 19.1 Å². The van der Waals surface area contributed by atoms with Gasteiger partial charge in [-0.15, -0.1) is 0 Å². The first-order valence-electron chi connectivity index (χ1n) is 6.67. The van der Waals surface area contributed by atoms with Gasteiger partial charge in [0.25, 0.3) is 5.91 Å². The molecule has 2 rings (SSSR count). The maximum atomic E-state index is 12.2. The highest BCUT2D eigenvalue weighted by Crippen LogP contribution is 2.21. The molecule has 0 unspecified atom stereocenters. The van der Waals surface area contributed by atoms with Crippen LogP contribution in [0.4, 0.5) is 10.5 Å². The molecule has 2 amide bonds. The summed E-state index contributed by atoms with van der Waals surface area (Å²) in [6, 6.07) is 12.2. The molecule has 0 fully saturated rings. The first-order chi connectivity index (χ1) is 11.0. The fraction of sp³-hybridized carbons (Fsp3) is 0.125. The number of anilines is 1. The normalized spacial score (nSPS) is 10.0. The zero-order valence-electron chi connectivity index (χ0n) is 12.2. The molecule has 120 valence electrons. The Kier molecular flexibility index (Phi) is 6.01. The quantitative estimate of drug-likeness (QED) is 0.812. The zero-order chi connectivity index (χ0) is 16.8. The van der Waals surface area contributed by atoms with Gasteiger partial charge in [0.1, 0.15) is 0 Å². The van der Waals surface area contributed by atoms with Crippen LogP contribution in [0.25, 0.3) is 0 Å². The number of hydrogen-bond donors (Lipinski definition) is 2. The van der Waals surface area contributed by atoms with Crippen LogP contribution in [-0.2, 0) is 11.3 Å². The summed E-state index contributed by atoms with van der Waals surface area (Å²) < 4.78 is 5.29. The summed E-state index contributed by atoms with van der Waals surface area (Å²) >= 11 is 9.33. The summed E-state index contributed by atoms with van der Waals surface area (Å²) in [7, 11) is 1.30. The number of rotatable bonds is 4. The van der Waals surface area contributed by atoms with Gasteiger partial charge in [0, 0.05) is 16.7 Å². The van der Waals surface area contributed by atoms with Crippen molar-refractivity contribution in [2.75, 3.05) is 12.4 Å². The van der Waals surface area contributed by atoms with E-state index in [0.717, 1.165) is 10.0 Å². The molecule has 0 atom stereocenters. The molecule has 23 heavy (non-hydrogen) atoms. The third kappa shape index (κ3) is 4.97. The van der Waals surface area contributed by atoms with Crippen molar-refractivity contribution in [3.63, 3.8) is 0 Å². The summed E-state index contributed by atoms with van der Waals surface area (Å²) in [5.41, 5.74) is 1.91. The van der Waals surface area contributed by atoms with Gasteiger partial charge in [0.2, 0.25) is 0 Å². The smallest absolute Gasteiger partial charge is 0.411 e. The van der Waals surface area contributed by atoms with Crippen LogP contribution in [0.15, 0.2) is 46.9 Å². The minimum atomic E-state index is -0.532.